The number of halogens is 2. The van der Waals surface area contributed by atoms with Crippen molar-refractivity contribution in [2.45, 2.75) is 37.6 Å². The van der Waals surface area contributed by atoms with Crippen LogP contribution < -0.4 is 5.32 Å². The van der Waals surface area contributed by atoms with Crippen molar-refractivity contribution in [3.8, 4) is 0 Å². The second-order valence-electron chi connectivity index (χ2n) is 8.75. The van der Waals surface area contributed by atoms with Crippen molar-refractivity contribution in [3.05, 3.63) is 107 Å². The van der Waals surface area contributed by atoms with Crippen LogP contribution in [0.5, 0.6) is 0 Å². The summed E-state index contributed by atoms with van der Waals surface area (Å²) in [6.45, 7) is 2.88. The fourth-order valence-corrected chi connectivity index (χ4v) is 4.59. The van der Waals surface area contributed by atoms with Gasteiger partial charge in [0.2, 0.25) is 0 Å². The summed E-state index contributed by atoms with van der Waals surface area (Å²) in [7, 11) is 0. The molecule has 0 saturated carbocycles. The van der Waals surface area contributed by atoms with Gasteiger partial charge >= 0.3 is 0 Å². The Morgan fingerprint density at radius 2 is 1.39 bits per heavy atom. The summed E-state index contributed by atoms with van der Waals surface area (Å²) < 4.78 is 26.9. The predicted molar refractivity (Wildman–Crippen MR) is 127 cm³/mol. The number of carbonyl (C=O) groups excluding carboxylic acids is 1. The van der Waals surface area contributed by atoms with Crippen LogP contribution in [0.25, 0.3) is 0 Å². The molecule has 1 amide bonds. The molecule has 0 aliphatic carbocycles. The van der Waals surface area contributed by atoms with Crippen molar-refractivity contribution in [2.75, 3.05) is 19.6 Å². The molecule has 1 aliphatic rings. The Hall–Kier alpha value is -3.05. The molecular weight excluding hydrogens is 418 g/mol. The second-order valence-corrected chi connectivity index (χ2v) is 8.75. The normalized spacial score (nSPS) is 15.0. The number of benzene rings is 3. The molecule has 0 unspecified atom stereocenters. The average molecular weight is 449 g/mol. The second kappa shape index (κ2) is 11.2. The van der Waals surface area contributed by atoms with Gasteiger partial charge in [-0.3, -0.25) is 4.79 Å². The number of rotatable bonds is 8. The first kappa shape index (κ1) is 23.1. The van der Waals surface area contributed by atoms with Crippen LogP contribution in [0.3, 0.4) is 0 Å². The van der Waals surface area contributed by atoms with E-state index in [0.29, 0.717) is 5.56 Å². The zero-order valence-corrected chi connectivity index (χ0v) is 18.7. The van der Waals surface area contributed by atoms with Crippen molar-refractivity contribution < 1.29 is 13.6 Å². The molecule has 0 bridgehead atoms. The van der Waals surface area contributed by atoms with Gasteiger partial charge < -0.3 is 10.2 Å². The van der Waals surface area contributed by atoms with E-state index < -0.39 is 0 Å². The van der Waals surface area contributed by atoms with E-state index in [1.165, 1.54) is 24.3 Å². The van der Waals surface area contributed by atoms with Crippen LogP contribution in [0.15, 0.2) is 78.9 Å². The van der Waals surface area contributed by atoms with Crippen LogP contribution >= 0.6 is 0 Å². The highest BCUT2D eigenvalue weighted by molar-refractivity contribution is 5.94. The lowest BCUT2D eigenvalue weighted by Crippen LogP contribution is -2.44. The minimum atomic E-state index is -0.251. The summed E-state index contributed by atoms with van der Waals surface area (Å²) in [6.07, 6.45) is 3.78. The third-order valence-corrected chi connectivity index (χ3v) is 6.47. The van der Waals surface area contributed by atoms with E-state index in [0.717, 1.165) is 56.4 Å². The number of carbonyl (C=O) groups is 1. The largest absolute Gasteiger partial charge is 0.349 e. The number of nitrogens with zero attached hydrogens (tertiary/aromatic N) is 1. The average Bonchev–Trinajstić information content (AvgIpc) is 2.85. The summed E-state index contributed by atoms with van der Waals surface area (Å²) in [6, 6.07) is 22.8. The Balaban J connectivity index is 1.28. The van der Waals surface area contributed by atoms with Crippen LogP contribution in [-0.2, 0) is 0 Å². The maximum Gasteiger partial charge on any atom is 0.251 e. The summed E-state index contributed by atoms with van der Waals surface area (Å²) in [5.74, 6) is -0.401. The molecule has 4 rings (SSSR count). The van der Waals surface area contributed by atoms with Gasteiger partial charge in [0, 0.05) is 30.6 Å². The number of piperidine rings is 1. The molecule has 0 radical (unpaired) electrons. The third kappa shape index (κ3) is 6.48. The minimum Gasteiger partial charge on any atom is -0.349 e. The topological polar surface area (TPSA) is 32.3 Å². The van der Waals surface area contributed by atoms with Crippen LogP contribution in [0, 0.1) is 11.6 Å². The quantitative estimate of drug-likeness (QED) is 0.474. The van der Waals surface area contributed by atoms with Gasteiger partial charge in [-0.25, -0.2) is 8.78 Å². The molecule has 33 heavy (non-hydrogen) atoms. The Kier molecular flexibility index (Phi) is 7.84. The molecular formula is C28H30F2N2O. The number of likely N-dealkylation sites (tertiary alicyclic amines) is 1. The van der Waals surface area contributed by atoms with Crippen molar-refractivity contribution in [2.24, 2.45) is 0 Å². The molecule has 3 nitrogen and oxygen atoms in total. The molecule has 1 saturated heterocycles. The van der Waals surface area contributed by atoms with Crippen LogP contribution in [0.2, 0.25) is 0 Å². The number of hydrogen-bond donors (Lipinski definition) is 1. The Labute approximate surface area is 194 Å². The Bertz CT molecular complexity index is 969. The molecule has 0 aromatic heterocycles. The van der Waals surface area contributed by atoms with Crippen LogP contribution in [0.4, 0.5) is 8.78 Å². The SMILES string of the molecule is O=C(NC1CCN(CCCC(c2ccc(F)cc2)c2ccc(F)cc2)CC1)c1ccccc1. The summed E-state index contributed by atoms with van der Waals surface area (Å²) >= 11 is 0. The van der Waals surface area contributed by atoms with E-state index in [1.807, 2.05) is 54.6 Å². The first-order valence-corrected chi connectivity index (χ1v) is 11.7. The summed E-state index contributed by atoms with van der Waals surface area (Å²) in [5, 5.41) is 3.16. The standard InChI is InChI=1S/C28H30F2N2O/c29-24-12-8-21(9-13-24)27(22-10-14-25(30)15-11-22)7-4-18-32-19-16-26(17-20-32)31-28(33)23-5-2-1-3-6-23/h1-3,5-6,8-15,26-27H,4,7,16-20H2,(H,31,33). The lowest BCUT2D eigenvalue weighted by Gasteiger charge is -2.32. The first-order chi connectivity index (χ1) is 16.1. The van der Waals surface area contributed by atoms with Gasteiger partial charge in [-0.2, -0.15) is 0 Å². The maximum absolute atomic E-state index is 13.4. The Morgan fingerprint density at radius 3 is 1.94 bits per heavy atom. The molecule has 172 valence electrons. The van der Waals surface area contributed by atoms with Gasteiger partial charge in [0.25, 0.3) is 5.91 Å². The molecule has 1 aliphatic heterocycles. The van der Waals surface area contributed by atoms with Crippen molar-refractivity contribution >= 4 is 5.91 Å². The molecule has 1 heterocycles. The zero-order valence-electron chi connectivity index (χ0n) is 18.7. The summed E-state index contributed by atoms with van der Waals surface area (Å²) in [5.41, 5.74) is 2.79. The van der Waals surface area contributed by atoms with Gasteiger partial charge in [0.05, 0.1) is 0 Å². The predicted octanol–water partition coefficient (Wildman–Crippen LogP) is 5.77. The van der Waals surface area contributed by atoms with Crippen LogP contribution in [-0.4, -0.2) is 36.5 Å². The molecule has 3 aromatic carbocycles. The van der Waals surface area contributed by atoms with Gasteiger partial charge in [-0.1, -0.05) is 42.5 Å². The molecule has 1 N–H and O–H groups in total. The fourth-order valence-electron chi connectivity index (χ4n) is 4.59. The van der Waals surface area contributed by atoms with Crippen molar-refractivity contribution in [1.29, 1.82) is 0 Å². The fraction of sp³-hybridized carbons (Fsp3) is 0.321. The Morgan fingerprint density at radius 1 is 0.848 bits per heavy atom. The zero-order chi connectivity index (χ0) is 23.0. The van der Waals surface area contributed by atoms with E-state index in [2.05, 4.69) is 10.2 Å². The lowest BCUT2D eigenvalue weighted by molar-refractivity contribution is 0.0910. The monoisotopic (exact) mass is 448 g/mol. The molecule has 5 heteroatoms. The van der Waals surface area contributed by atoms with E-state index in [4.69, 9.17) is 0 Å². The first-order valence-electron chi connectivity index (χ1n) is 11.7. The van der Waals surface area contributed by atoms with Gasteiger partial charge in [0.15, 0.2) is 0 Å². The van der Waals surface area contributed by atoms with Crippen molar-refractivity contribution in [1.82, 2.24) is 10.2 Å². The smallest absolute Gasteiger partial charge is 0.251 e. The highest BCUT2D eigenvalue weighted by Gasteiger charge is 2.22. The maximum atomic E-state index is 13.4. The number of hydrogen-bond acceptors (Lipinski definition) is 2. The van der Waals surface area contributed by atoms with E-state index in [-0.39, 0.29) is 29.5 Å². The number of nitrogens with one attached hydrogen (secondary N) is 1. The lowest BCUT2D eigenvalue weighted by atomic mass is 9.87. The van der Waals surface area contributed by atoms with E-state index in [9.17, 15) is 13.6 Å². The van der Waals surface area contributed by atoms with Gasteiger partial charge in [-0.15, -0.1) is 0 Å². The molecule has 0 atom stereocenters. The molecule has 0 spiro atoms. The van der Waals surface area contributed by atoms with Crippen LogP contribution in [0.1, 0.15) is 53.1 Å². The summed E-state index contributed by atoms with van der Waals surface area (Å²) in [4.78, 5) is 14.8. The minimum absolute atomic E-state index is 0.00418. The molecule has 3 aromatic rings. The number of amides is 1. The van der Waals surface area contributed by atoms with Gasteiger partial charge in [-0.05, 0) is 79.8 Å². The highest BCUT2D eigenvalue weighted by atomic mass is 19.1. The van der Waals surface area contributed by atoms with E-state index >= 15 is 0 Å². The van der Waals surface area contributed by atoms with Gasteiger partial charge in [0.1, 0.15) is 11.6 Å². The third-order valence-electron chi connectivity index (χ3n) is 6.47. The molecule has 1 fully saturated rings. The van der Waals surface area contributed by atoms with E-state index in [1.54, 1.807) is 0 Å². The van der Waals surface area contributed by atoms with Crippen molar-refractivity contribution in [3.63, 3.8) is 0 Å². The highest BCUT2D eigenvalue weighted by Crippen LogP contribution is 2.30.